The molecule has 0 saturated carbocycles. The highest BCUT2D eigenvalue weighted by molar-refractivity contribution is 6.06. The first-order valence-corrected chi connectivity index (χ1v) is 8.79. The van der Waals surface area contributed by atoms with Crippen LogP contribution in [0.25, 0.3) is 10.9 Å². The second-order valence-electron chi connectivity index (χ2n) is 6.47. The van der Waals surface area contributed by atoms with E-state index in [-0.39, 0.29) is 12.5 Å². The van der Waals surface area contributed by atoms with Gasteiger partial charge in [-0.05, 0) is 73.7 Å². The average Bonchev–Trinajstić information content (AvgIpc) is 3.05. The first-order chi connectivity index (χ1) is 12.7. The van der Waals surface area contributed by atoms with Gasteiger partial charge in [-0.2, -0.15) is 5.26 Å². The van der Waals surface area contributed by atoms with Gasteiger partial charge in [-0.3, -0.25) is 4.79 Å². The Bertz CT molecular complexity index is 997. The SMILES string of the molecule is N#CCOc1ccc(NC(=O)c2ccc3[nH]c4c(c3c2)CCCC4)cc1. The minimum absolute atomic E-state index is 0.00665. The second kappa shape index (κ2) is 6.93. The number of aromatic nitrogens is 1. The molecule has 1 heterocycles. The van der Waals surface area contributed by atoms with Crippen LogP contribution in [0.2, 0.25) is 0 Å². The molecule has 0 atom stereocenters. The number of fused-ring (bicyclic) bond motifs is 3. The van der Waals surface area contributed by atoms with Crippen LogP contribution in [0.1, 0.15) is 34.5 Å². The van der Waals surface area contributed by atoms with Gasteiger partial charge in [0.25, 0.3) is 5.91 Å². The molecule has 0 aliphatic heterocycles. The van der Waals surface area contributed by atoms with Crippen molar-refractivity contribution in [2.45, 2.75) is 25.7 Å². The van der Waals surface area contributed by atoms with Crippen molar-refractivity contribution in [3.05, 3.63) is 59.3 Å². The zero-order chi connectivity index (χ0) is 17.9. The third-order valence-corrected chi connectivity index (χ3v) is 4.78. The Morgan fingerprint density at radius 1 is 1.15 bits per heavy atom. The number of nitriles is 1. The highest BCUT2D eigenvalue weighted by Crippen LogP contribution is 2.30. The first kappa shape index (κ1) is 16.2. The molecule has 2 aromatic carbocycles. The van der Waals surface area contributed by atoms with E-state index in [0.717, 1.165) is 23.7 Å². The van der Waals surface area contributed by atoms with E-state index in [1.807, 2.05) is 24.3 Å². The number of ether oxygens (including phenoxy) is 1. The number of carbonyl (C=O) groups is 1. The number of carbonyl (C=O) groups excluding carboxylic acids is 1. The molecule has 0 bridgehead atoms. The molecule has 3 aromatic rings. The molecule has 1 aliphatic rings. The zero-order valence-corrected chi connectivity index (χ0v) is 14.3. The van der Waals surface area contributed by atoms with Gasteiger partial charge in [0.15, 0.2) is 6.61 Å². The molecule has 1 aliphatic carbocycles. The fourth-order valence-electron chi connectivity index (χ4n) is 3.50. The van der Waals surface area contributed by atoms with Gasteiger partial charge in [0, 0.05) is 27.8 Å². The second-order valence-corrected chi connectivity index (χ2v) is 6.47. The molecule has 1 aromatic heterocycles. The summed E-state index contributed by atoms with van der Waals surface area (Å²) in [7, 11) is 0. The van der Waals surface area contributed by atoms with Crippen LogP contribution in [0.5, 0.6) is 5.75 Å². The monoisotopic (exact) mass is 345 g/mol. The lowest BCUT2D eigenvalue weighted by atomic mass is 9.95. The van der Waals surface area contributed by atoms with Crippen LogP contribution in [0.15, 0.2) is 42.5 Å². The summed E-state index contributed by atoms with van der Waals surface area (Å²) in [5, 5.41) is 12.6. The van der Waals surface area contributed by atoms with Crippen LogP contribution in [0, 0.1) is 11.3 Å². The Labute approximate surface area is 151 Å². The van der Waals surface area contributed by atoms with Crippen molar-refractivity contribution in [1.29, 1.82) is 5.26 Å². The van der Waals surface area contributed by atoms with Crippen LogP contribution in [0.4, 0.5) is 5.69 Å². The van der Waals surface area contributed by atoms with Crippen LogP contribution in [-0.4, -0.2) is 17.5 Å². The number of nitrogens with one attached hydrogen (secondary N) is 2. The number of nitrogens with zero attached hydrogens (tertiary/aromatic N) is 1. The Hall–Kier alpha value is -3.26. The molecular formula is C21H19N3O2. The van der Waals surface area contributed by atoms with Crippen molar-refractivity contribution < 1.29 is 9.53 Å². The summed E-state index contributed by atoms with van der Waals surface area (Å²) in [6, 6.07) is 14.7. The van der Waals surface area contributed by atoms with Gasteiger partial charge in [0.05, 0.1) is 0 Å². The van der Waals surface area contributed by atoms with Crippen molar-refractivity contribution in [2.75, 3.05) is 11.9 Å². The number of anilines is 1. The van der Waals surface area contributed by atoms with Gasteiger partial charge in [-0.1, -0.05) is 0 Å². The fourth-order valence-corrected chi connectivity index (χ4v) is 3.50. The van der Waals surface area contributed by atoms with Crippen LogP contribution < -0.4 is 10.1 Å². The third-order valence-electron chi connectivity index (χ3n) is 4.78. The van der Waals surface area contributed by atoms with Crippen LogP contribution in [0.3, 0.4) is 0 Å². The lowest BCUT2D eigenvalue weighted by Gasteiger charge is -2.10. The number of H-pyrrole nitrogens is 1. The third kappa shape index (κ3) is 3.14. The molecule has 0 fully saturated rings. The average molecular weight is 345 g/mol. The summed E-state index contributed by atoms with van der Waals surface area (Å²) in [4.78, 5) is 16.1. The highest BCUT2D eigenvalue weighted by Gasteiger charge is 2.16. The standard InChI is InChI=1S/C21H19N3O2/c22-11-12-26-16-8-6-15(7-9-16)23-21(25)14-5-10-20-18(13-14)17-3-1-2-4-19(17)24-20/h5-10,13,24H,1-4,12H2,(H,23,25). The number of aromatic amines is 1. The van der Waals surface area contributed by atoms with E-state index >= 15 is 0 Å². The minimum Gasteiger partial charge on any atom is -0.479 e. The molecular weight excluding hydrogens is 326 g/mol. The van der Waals surface area contributed by atoms with E-state index in [9.17, 15) is 4.79 Å². The summed E-state index contributed by atoms with van der Waals surface area (Å²) in [6.45, 7) is 0.00665. The van der Waals surface area contributed by atoms with Gasteiger partial charge >= 0.3 is 0 Å². The van der Waals surface area contributed by atoms with E-state index < -0.39 is 0 Å². The molecule has 4 rings (SSSR count). The summed E-state index contributed by atoms with van der Waals surface area (Å²) in [5.41, 5.74) is 5.12. The van der Waals surface area contributed by atoms with Gasteiger partial charge in [-0.15, -0.1) is 0 Å². The largest absolute Gasteiger partial charge is 0.479 e. The number of benzene rings is 2. The van der Waals surface area contributed by atoms with Crippen molar-refractivity contribution >= 4 is 22.5 Å². The summed E-state index contributed by atoms with van der Waals surface area (Å²) < 4.78 is 5.21. The predicted octanol–water partition coefficient (Wildman–Crippen LogP) is 4.20. The lowest BCUT2D eigenvalue weighted by Crippen LogP contribution is -2.11. The van der Waals surface area contributed by atoms with Crippen molar-refractivity contribution in [3.8, 4) is 11.8 Å². The molecule has 1 amide bonds. The maximum Gasteiger partial charge on any atom is 0.255 e. The van der Waals surface area contributed by atoms with E-state index in [1.165, 1.54) is 24.1 Å². The lowest BCUT2D eigenvalue weighted by molar-refractivity contribution is 0.102. The van der Waals surface area contributed by atoms with Gasteiger partial charge in [0.1, 0.15) is 11.8 Å². The minimum atomic E-state index is -0.136. The number of amides is 1. The maximum atomic E-state index is 12.6. The van der Waals surface area contributed by atoms with E-state index in [0.29, 0.717) is 17.0 Å². The van der Waals surface area contributed by atoms with Crippen molar-refractivity contribution in [3.63, 3.8) is 0 Å². The Kier molecular flexibility index (Phi) is 4.32. The van der Waals surface area contributed by atoms with E-state index in [1.54, 1.807) is 24.3 Å². The highest BCUT2D eigenvalue weighted by atomic mass is 16.5. The van der Waals surface area contributed by atoms with Gasteiger partial charge < -0.3 is 15.0 Å². The van der Waals surface area contributed by atoms with E-state index in [2.05, 4.69) is 10.3 Å². The molecule has 0 spiro atoms. The van der Waals surface area contributed by atoms with E-state index in [4.69, 9.17) is 10.00 Å². The van der Waals surface area contributed by atoms with Crippen molar-refractivity contribution in [2.24, 2.45) is 0 Å². The summed E-state index contributed by atoms with van der Waals surface area (Å²) >= 11 is 0. The van der Waals surface area contributed by atoms with Gasteiger partial charge in [-0.25, -0.2) is 0 Å². The zero-order valence-electron chi connectivity index (χ0n) is 14.3. The molecule has 2 N–H and O–H groups in total. The molecule has 130 valence electrons. The van der Waals surface area contributed by atoms with Gasteiger partial charge in [0.2, 0.25) is 0 Å². The molecule has 0 radical (unpaired) electrons. The normalized spacial score (nSPS) is 13.0. The quantitative estimate of drug-likeness (QED) is 0.744. The molecule has 5 nitrogen and oxygen atoms in total. The van der Waals surface area contributed by atoms with Crippen molar-refractivity contribution in [1.82, 2.24) is 4.98 Å². The Balaban J connectivity index is 1.53. The molecule has 0 saturated heterocycles. The summed E-state index contributed by atoms with van der Waals surface area (Å²) in [5.74, 6) is 0.466. The Morgan fingerprint density at radius 3 is 2.77 bits per heavy atom. The van der Waals surface area contributed by atoms with Crippen LogP contribution in [-0.2, 0) is 12.8 Å². The summed E-state index contributed by atoms with van der Waals surface area (Å²) in [6.07, 6.45) is 4.59. The number of rotatable bonds is 4. The van der Waals surface area contributed by atoms with Crippen LogP contribution >= 0.6 is 0 Å². The number of hydrogen-bond acceptors (Lipinski definition) is 3. The number of hydrogen-bond donors (Lipinski definition) is 2. The predicted molar refractivity (Wildman–Crippen MR) is 100 cm³/mol. The number of aryl methyl sites for hydroxylation is 2. The molecule has 26 heavy (non-hydrogen) atoms. The molecule has 0 unspecified atom stereocenters. The fraction of sp³-hybridized carbons (Fsp3) is 0.238. The maximum absolute atomic E-state index is 12.6. The smallest absolute Gasteiger partial charge is 0.255 e. The first-order valence-electron chi connectivity index (χ1n) is 8.79. The Morgan fingerprint density at radius 2 is 1.96 bits per heavy atom. The molecule has 5 heteroatoms. The topological polar surface area (TPSA) is 77.9 Å².